The Balaban J connectivity index is 1.41. The minimum absolute atomic E-state index is 0.0798. The lowest BCUT2D eigenvalue weighted by Crippen LogP contribution is -2.61. The maximum Gasteiger partial charge on any atom is 0.334 e. The van der Waals surface area contributed by atoms with Gasteiger partial charge in [0.1, 0.15) is 30.5 Å². The molecule has 10 atom stereocenters. The molecule has 3 heterocycles. The Morgan fingerprint density at radius 3 is 2.44 bits per heavy atom. The van der Waals surface area contributed by atoms with Crippen LogP contribution in [0.3, 0.4) is 0 Å². The van der Waals surface area contributed by atoms with Gasteiger partial charge in [-0.05, 0) is 29.9 Å². The highest BCUT2D eigenvalue weighted by atomic mass is 16.8. The summed E-state index contributed by atoms with van der Waals surface area (Å²) in [5.74, 6) is -1.98. The number of fused-ring (bicyclic) bond motifs is 4. The molecular weight excluding hydrogens is 448 g/mol. The molecular formula is C24H28O10. The Morgan fingerprint density at radius 1 is 0.971 bits per heavy atom. The summed E-state index contributed by atoms with van der Waals surface area (Å²) in [7, 11) is 0. The number of benzene rings is 1. The summed E-state index contributed by atoms with van der Waals surface area (Å²) >= 11 is 0. The van der Waals surface area contributed by atoms with Crippen molar-refractivity contribution in [2.45, 2.75) is 55.9 Å². The summed E-state index contributed by atoms with van der Waals surface area (Å²) in [4.78, 5) is 12.0. The highest BCUT2D eigenvalue weighted by Gasteiger charge is 2.54. The van der Waals surface area contributed by atoms with Crippen molar-refractivity contribution in [3.63, 3.8) is 0 Å². The van der Waals surface area contributed by atoms with Crippen LogP contribution in [-0.4, -0.2) is 81.2 Å². The number of ether oxygens (including phenoxy) is 4. The van der Waals surface area contributed by atoms with Crippen LogP contribution in [0.1, 0.15) is 18.4 Å². The van der Waals surface area contributed by atoms with Gasteiger partial charge in [0.25, 0.3) is 0 Å². The van der Waals surface area contributed by atoms with Gasteiger partial charge in [0.15, 0.2) is 6.29 Å². The van der Waals surface area contributed by atoms with Crippen LogP contribution in [0, 0.1) is 17.8 Å². The molecule has 0 amide bonds. The normalized spacial score (nSPS) is 41.3. The first-order valence-electron chi connectivity index (χ1n) is 11.3. The highest BCUT2D eigenvalue weighted by molar-refractivity contribution is 5.87. The van der Waals surface area contributed by atoms with Gasteiger partial charge in [-0.2, -0.15) is 0 Å². The van der Waals surface area contributed by atoms with Crippen LogP contribution in [0.4, 0.5) is 0 Å². The fourth-order valence-corrected chi connectivity index (χ4v) is 5.51. The SMILES string of the molecule is O=C(O)C1=COC(OC2OC(CO)C(O)C(O)C2O)C2C3CC(CC12)C(c1ccccc1)=CO3. The average molecular weight is 476 g/mol. The molecule has 1 saturated heterocycles. The number of aliphatic hydroxyl groups excluding tert-OH is 4. The van der Waals surface area contributed by atoms with Gasteiger partial charge in [-0.1, -0.05) is 30.3 Å². The topological polar surface area (TPSA) is 155 Å². The molecule has 10 unspecified atom stereocenters. The van der Waals surface area contributed by atoms with Crippen LogP contribution in [-0.2, 0) is 23.7 Å². The summed E-state index contributed by atoms with van der Waals surface area (Å²) in [6.07, 6.45) is -4.65. The van der Waals surface area contributed by atoms with Crippen LogP contribution in [0.5, 0.6) is 0 Å². The quantitative estimate of drug-likeness (QED) is 0.398. The van der Waals surface area contributed by atoms with Crippen LogP contribution < -0.4 is 0 Å². The zero-order valence-electron chi connectivity index (χ0n) is 18.2. The number of carbonyl (C=O) groups is 1. The van der Waals surface area contributed by atoms with Gasteiger partial charge in [0.05, 0.1) is 30.6 Å². The fraction of sp³-hybridized carbons (Fsp3) is 0.542. The van der Waals surface area contributed by atoms with Gasteiger partial charge in [-0.25, -0.2) is 4.79 Å². The predicted molar refractivity (Wildman–Crippen MR) is 114 cm³/mol. The molecule has 2 fully saturated rings. The summed E-state index contributed by atoms with van der Waals surface area (Å²) in [6, 6.07) is 9.79. The molecule has 1 saturated carbocycles. The van der Waals surface area contributed by atoms with E-state index in [0.29, 0.717) is 12.8 Å². The van der Waals surface area contributed by atoms with Crippen molar-refractivity contribution in [2.75, 3.05) is 6.61 Å². The minimum atomic E-state index is -1.60. The molecule has 5 rings (SSSR count). The third-order valence-corrected chi connectivity index (χ3v) is 7.27. The Morgan fingerprint density at radius 2 is 1.74 bits per heavy atom. The van der Waals surface area contributed by atoms with E-state index in [0.717, 1.165) is 17.4 Å². The third kappa shape index (κ3) is 4.00. The van der Waals surface area contributed by atoms with Gasteiger partial charge in [0, 0.05) is 5.92 Å². The Bertz CT molecular complexity index is 960. The van der Waals surface area contributed by atoms with E-state index in [-0.39, 0.29) is 11.5 Å². The predicted octanol–water partition coefficient (Wildman–Crippen LogP) is 0.210. The zero-order valence-corrected chi connectivity index (χ0v) is 18.2. The second-order valence-electron chi connectivity index (χ2n) is 9.18. The van der Waals surface area contributed by atoms with Crippen LogP contribution in [0.25, 0.3) is 5.57 Å². The molecule has 0 radical (unpaired) electrons. The van der Waals surface area contributed by atoms with Gasteiger partial charge in [0.2, 0.25) is 6.29 Å². The first-order valence-corrected chi connectivity index (χ1v) is 11.3. The summed E-state index contributed by atoms with van der Waals surface area (Å²) in [5, 5.41) is 49.7. The van der Waals surface area contributed by atoms with Crippen molar-refractivity contribution in [1.29, 1.82) is 0 Å². The van der Waals surface area contributed by atoms with E-state index in [9.17, 15) is 30.3 Å². The van der Waals surface area contributed by atoms with Gasteiger partial charge in [-0.15, -0.1) is 0 Å². The summed E-state index contributed by atoms with van der Waals surface area (Å²) < 4.78 is 23.1. The van der Waals surface area contributed by atoms with Crippen LogP contribution in [0.2, 0.25) is 0 Å². The van der Waals surface area contributed by atoms with E-state index in [4.69, 9.17) is 18.9 Å². The number of carboxylic acid groups (broad SMARTS) is 1. The van der Waals surface area contributed by atoms with Crippen molar-refractivity contribution in [2.24, 2.45) is 17.8 Å². The van der Waals surface area contributed by atoms with E-state index >= 15 is 0 Å². The molecule has 1 aliphatic carbocycles. The second kappa shape index (κ2) is 9.29. The Hall–Kier alpha value is -2.47. The third-order valence-electron chi connectivity index (χ3n) is 7.27. The van der Waals surface area contributed by atoms with E-state index in [1.165, 1.54) is 0 Å². The molecule has 10 nitrogen and oxygen atoms in total. The molecule has 0 spiro atoms. The molecule has 3 aliphatic heterocycles. The van der Waals surface area contributed by atoms with Gasteiger partial charge >= 0.3 is 5.97 Å². The summed E-state index contributed by atoms with van der Waals surface area (Å²) in [5.41, 5.74) is 2.15. The lowest BCUT2D eigenvalue weighted by atomic mass is 9.65. The van der Waals surface area contributed by atoms with Crippen molar-refractivity contribution < 1.29 is 49.3 Å². The number of aliphatic carboxylic acids is 1. The van der Waals surface area contributed by atoms with E-state index in [1.54, 1.807) is 6.26 Å². The molecule has 10 heteroatoms. The lowest BCUT2D eigenvalue weighted by Gasteiger charge is -2.49. The Labute approximate surface area is 195 Å². The Kier molecular flexibility index (Phi) is 6.36. The first kappa shape index (κ1) is 23.3. The molecule has 1 aromatic rings. The average Bonchev–Trinajstić information content (AvgIpc) is 2.84. The van der Waals surface area contributed by atoms with Gasteiger partial charge < -0.3 is 44.5 Å². The van der Waals surface area contributed by atoms with Crippen molar-refractivity contribution in [3.8, 4) is 0 Å². The maximum atomic E-state index is 12.0. The first-order chi connectivity index (χ1) is 16.4. The molecule has 4 aliphatic rings. The summed E-state index contributed by atoms with van der Waals surface area (Å²) in [6.45, 7) is -0.591. The number of allylic oxidation sites excluding steroid dienone is 1. The minimum Gasteiger partial charge on any atom is -0.497 e. The maximum absolute atomic E-state index is 12.0. The number of rotatable bonds is 5. The van der Waals surface area contributed by atoms with Crippen LogP contribution >= 0.6 is 0 Å². The molecule has 184 valence electrons. The smallest absolute Gasteiger partial charge is 0.334 e. The fourth-order valence-electron chi connectivity index (χ4n) is 5.51. The van der Waals surface area contributed by atoms with E-state index < -0.39 is 67.5 Å². The second-order valence-corrected chi connectivity index (χ2v) is 9.18. The molecule has 5 N–H and O–H groups in total. The molecule has 34 heavy (non-hydrogen) atoms. The van der Waals surface area contributed by atoms with E-state index in [1.807, 2.05) is 30.3 Å². The van der Waals surface area contributed by atoms with Crippen molar-refractivity contribution in [1.82, 2.24) is 0 Å². The number of aliphatic hydroxyl groups is 4. The van der Waals surface area contributed by atoms with Gasteiger partial charge in [-0.3, -0.25) is 0 Å². The molecule has 0 aromatic heterocycles. The zero-order chi connectivity index (χ0) is 24.0. The van der Waals surface area contributed by atoms with Crippen molar-refractivity contribution >= 4 is 11.5 Å². The largest absolute Gasteiger partial charge is 0.497 e. The number of carboxylic acids is 1. The molecule has 2 bridgehead atoms. The number of hydrogen-bond donors (Lipinski definition) is 5. The van der Waals surface area contributed by atoms with Crippen LogP contribution in [0.15, 0.2) is 48.4 Å². The van der Waals surface area contributed by atoms with Crippen molar-refractivity contribution in [3.05, 3.63) is 54.0 Å². The monoisotopic (exact) mass is 476 g/mol. The lowest BCUT2D eigenvalue weighted by molar-refractivity contribution is -0.346. The standard InChI is InChI=1S/C24H28O10/c25-8-17-19(26)20(27)21(28)24(33-17)34-23-18-13(15(10-32-23)22(29)30)6-12-7-16(18)31-9-14(12)11-4-2-1-3-5-11/h1-5,9-10,12-13,16-21,23-28H,6-8H2,(H,29,30). The molecule has 1 aromatic carbocycles. The van der Waals surface area contributed by atoms with E-state index in [2.05, 4.69) is 0 Å². The number of hydrogen-bond acceptors (Lipinski definition) is 9. The highest BCUT2D eigenvalue weighted by Crippen LogP contribution is 2.51.